The van der Waals surface area contributed by atoms with Crippen molar-refractivity contribution in [1.29, 1.82) is 0 Å². The first-order valence-electron chi connectivity index (χ1n) is 7.11. The molecule has 0 bridgehead atoms. The zero-order valence-corrected chi connectivity index (χ0v) is 12.7. The van der Waals surface area contributed by atoms with Gasteiger partial charge in [0.1, 0.15) is 18.1 Å². The van der Waals surface area contributed by atoms with Gasteiger partial charge in [-0.2, -0.15) is 13.2 Å². The van der Waals surface area contributed by atoms with Gasteiger partial charge in [0.05, 0.1) is 12.2 Å². The van der Waals surface area contributed by atoms with Crippen molar-refractivity contribution < 1.29 is 22.6 Å². The maximum Gasteiger partial charge on any atom is 0.416 e. The number of halogens is 3. The standard InChI is InChI=1S/C18H17F3O2/c1-3-22-13(2)15-9-16(18(19,20)21)11-17(10-15)23-12-14-7-5-4-6-8-14/h4-11H,2-3,12H2,1H3. The molecule has 0 saturated heterocycles. The van der Waals surface area contributed by atoms with Crippen LogP contribution in [0.3, 0.4) is 0 Å². The van der Waals surface area contributed by atoms with Crippen molar-refractivity contribution in [2.24, 2.45) is 0 Å². The third-order valence-electron chi connectivity index (χ3n) is 3.12. The molecule has 0 N–H and O–H groups in total. The van der Waals surface area contributed by atoms with E-state index in [2.05, 4.69) is 6.58 Å². The molecule has 0 aliphatic carbocycles. The van der Waals surface area contributed by atoms with E-state index >= 15 is 0 Å². The van der Waals surface area contributed by atoms with Gasteiger partial charge in [-0.05, 0) is 30.7 Å². The summed E-state index contributed by atoms with van der Waals surface area (Å²) >= 11 is 0. The van der Waals surface area contributed by atoms with Crippen LogP contribution in [0.15, 0.2) is 55.1 Å². The molecule has 0 aliphatic heterocycles. The molecule has 23 heavy (non-hydrogen) atoms. The van der Waals surface area contributed by atoms with Crippen LogP contribution < -0.4 is 4.74 Å². The normalized spacial score (nSPS) is 11.1. The van der Waals surface area contributed by atoms with Crippen LogP contribution in [-0.2, 0) is 17.5 Å². The Hall–Kier alpha value is -2.43. The predicted molar refractivity (Wildman–Crippen MR) is 82.9 cm³/mol. The van der Waals surface area contributed by atoms with Crippen molar-refractivity contribution >= 4 is 5.76 Å². The molecule has 0 atom stereocenters. The first kappa shape index (κ1) is 16.9. The first-order valence-corrected chi connectivity index (χ1v) is 7.11. The van der Waals surface area contributed by atoms with E-state index in [-0.39, 0.29) is 23.7 Å². The van der Waals surface area contributed by atoms with Crippen LogP contribution in [0.4, 0.5) is 13.2 Å². The average Bonchev–Trinajstić information content (AvgIpc) is 2.53. The molecule has 0 radical (unpaired) electrons. The topological polar surface area (TPSA) is 18.5 Å². The van der Waals surface area contributed by atoms with Crippen LogP contribution in [0.25, 0.3) is 5.76 Å². The summed E-state index contributed by atoms with van der Waals surface area (Å²) in [6, 6.07) is 12.7. The summed E-state index contributed by atoms with van der Waals surface area (Å²) in [4.78, 5) is 0. The van der Waals surface area contributed by atoms with Crippen molar-refractivity contribution in [3.05, 3.63) is 71.8 Å². The van der Waals surface area contributed by atoms with E-state index in [1.807, 2.05) is 30.3 Å². The SMILES string of the molecule is C=C(OCC)c1cc(OCc2ccccc2)cc(C(F)(F)F)c1. The Morgan fingerprint density at radius 3 is 2.39 bits per heavy atom. The second-order valence-corrected chi connectivity index (χ2v) is 4.87. The van der Waals surface area contributed by atoms with Crippen molar-refractivity contribution in [3.63, 3.8) is 0 Å². The van der Waals surface area contributed by atoms with Crippen molar-refractivity contribution in [1.82, 2.24) is 0 Å². The van der Waals surface area contributed by atoms with Crippen molar-refractivity contribution in [2.75, 3.05) is 6.61 Å². The van der Waals surface area contributed by atoms with Gasteiger partial charge in [0.25, 0.3) is 0 Å². The zero-order valence-electron chi connectivity index (χ0n) is 12.7. The molecule has 122 valence electrons. The molecular weight excluding hydrogens is 305 g/mol. The summed E-state index contributed by atoms with van der Waals surface area (Å²) in [6.07, 6.45) is -4.46. The highest BCUT2D eigenvalue weighted by molar-refractivity contribution is 5.60. The molecule has 0 aliphatic rings. The second kappa shape index (κ2) is 7.22. The first-order chi connectivity index (χ1) is 10.9. The lowest BCUT2D eigenvalue weighted by Gasteiger charge is -2.14. The van der Waals surface area contributed by atoms with E-state index in [0.29, 0.717) is 6.61 Å². The van der Waals surface area contributed by atoms with Crippen LogP contribution in [-0.4, -0.2) is 6.61 Å². The van der Waals surface area contributed by atoms with Crippen molar-refractivity contribution in [3.8, 4) is 5.75 Å². The van der Waals surface area contributed by atoms with Gasteiger partial charge in [0.2, 0.25) is 0 Å². The van der Waals surface area contributed by atoms with E-state index in [0.717, 1.165) is 17.7 Å². The van der Waals surface area contributed by atoms with Crippen LogP contribution >= 0.6 is 0 Å². The van der Waals surface area contributed by atoms with Crippen LogP contribution in [0.5, 0.6) is 5.75 Å². The minimum atomic E-state index is -4.46. The van der Waals surface area contributed by atoms with E-state index in [1.54, 1.807) is 6.92 Å². The largest absolute Gasteiger partial charge is 0.494 e. The summed E-state index contributed by atoms with van der Waals surface area (Å²) < 4.78 is 49.8. The van der Waals surface area contributed by atoms with Gasteiger partial charge < -0.3 is 9.47 Å². The molecule has 2 rings (SSSR count). The van der Waals surface area contributed by atoms with Gasteiger partial charge in [-0.15, -0.1) is 0 Å². The highest BCUT2D eigenvalue weighted by Crippen LogP contribution is 2.34. The minimum absolute atomic E-state index is 0.125. The quantitative estimate of drug-likeness (QED) is 0.673. The Kier molecular flexibility index (Phi) is 5.32. The fourth-order valence-electron chi connectivity index (χ4n) is 2.01. The number of alkyl halides is 3. The van der Waals surface area contributed by atoms with E-state index in [4.69, 9.17) is 9.47 Å². The summed E-state index contributed by atoms with van der Waals surface area (Å²) in [7, 11) is 0. The Bertz CT molecular complexity index is 664. The summed E-state index contributed by atoms with van der Waals surface area (Å²) in [5.74, 6) is 0.308. The Balaban J connectivity index is 2.26. The molecule has 0 saturated carbocycles. The lowest BCUT2D eigenvalue weighted by atomic mass is 10.1. The van der Waals surface area contributed by atoms with Gasteiger partial charge in [-0.1, -0.05) is 36.9 Å². The molecule has 0 spiro atoms. The number of rotatable bonds is 6. The Morgan fingerprint density at radius 2 is 1.78 bits per heavy atom. The zero-order chi connectivity index (χ0) is 16.9. The molecule has 0 aromatic heterocycles. The number of hydrogen-bond donors (Lipinski definition) is 0. The highest BCUT2D eigenvalue weighted by Gasteiger charge is 2.31. The lowest BCUT2D eigenvalue weighted by molar-refractivity contribution is -0.137. The highest BCUT2D eigenvalue weighted by atomic mass is 19.4. The van der Waals surface area contributed by atoms with Crippen LogP contribution in [0.2, 0.25) is 0 Å². The molecule has 0 amide bonds. The van der Waals surface area contributed by atoms with Gasteiger partial charge in [-0.25, -0.2) is 0 Å². The van der Waals surface area contributed by atoms with Gasteiger partial charge in [0.15, 0.2) is 0 Å². The average molecular weight is 322 g/mol. The minimum Gasteiger partial charge on any atom is -0.494 e. The maximum atomic E-state index is 13.0. The summed E-state index contributed by atoms with van der Waals surface area (Å²) in [6.45, 7) is 5.91. The number of ether oxygens (including phenoxy) is 2. The van der Waals surface area contributed by atoms with Gasteiger partial charge >= 0.3 is 6.18 Å². The Labute approximate surface area is 133 Å². The van der Waals surface area contributed by atoms with Gasteiger partial charge in [-0.3, -0.25) is 0 Å². The molecule has 5 heteroatoms. The number of benzene rings is 2. The van der Waals surface area contributed by atoms with E-state index in [9.17, 15) is 13.2 Å². The third-order valence-corrected chi connectivity index (χ3v) is 3.12. The number of hydrogen-bond acceptors (Lipinski definition) is 2. The molecule has 2 aromatic carbocycles. The van der Waals surface area contributed by atoms with Crippen molar-refractivity contribution in [2.45, 2.75) is 19.7 Å². The second-order valence-electron chi connectivity index (χ2n) is 4.87. The third kappa shape index (κ3) is 4.77. The summed E-state index contributed by atoms with van der Waals surface area (Å²) in [5.41, 5.74) is 0.332. The predicted octanol–water partition coefficient (Wildman–Crippen LogP) is 5.29. The van der Waals surface area contributed by atoms with E-state index in [1.165, 1.54) is 6.07 Å². The monoisotopic (exact) mass is 322 g/mol. The molecular formula is C18H17F3O2. The molecule has 0 heterocycles. The maximum absolute atomic E-state index is 13.0. The fourth-order valence-corrected chi connectivity index (χ4v) is 2.01. The molecule has 2 aromatic rings. The van der Waals surface area contributed by atoms with E-state index < -0.39 is 11.7 Å². The smallest absolute Gasteiger partial charge is 0.416 e. The van der Waals surface area contributed by atoms with Gasteiger partial charge in [0, 0.05) is 5.56 Å². The molecule has 0 fully saturated rings. The van der Waals surface area contributed by atoms with Crippen LogP contribution in [0, 0.1) is 0 Å². The lowest BCUT2D eigenvalue weighted by Crippen LogP contribution is -2.07. The Morgan fingerprint density at radius 1 is 1.09 bits per heavy atom. The van der Waals surface area contributed by atoms with Crippen LogP contribution in [0.1, 0.15) is 23.6 Å². The molecule has 2 nitrogen and oxygen atoms in total. The molecule has 0 unspecified atom stereocenters. The fraction of sp³-hybridized carbons (Fsp3) is 0.222. The summed E-state index contributed by atoms with van der Waals surface area (Å²) in [5, 5.41) is 0.